The third kappa shape index (κ3) is 6.10. The molecule has 0 N–H and O–H groups in total. The summed E-state index contributed by atoms with van der Waals surface area (Å²) in [4.78, 5) is 2.09. The van der Waals surface area contributed by atoms with Gasteiger partial charge < -0.3 is 4.90 Å². The maximum atomic E-state index is 6.13. The lowest BCUT2D eigenvalue weighted by atomic mass is 10.2. The van der Waals surface area contributed by atoms with Crippen LogP contribution in [0.4, 0.5) is 17.1 Å². The van der Waals surface area contributed by atoms with Crippen molar-refractivity contribution in [1.29, 1.82) is 0 Å². The third-order valence-electron chi connectivity index (χ3n) is 4.26. The summed E-state index contributed by atoms with van der Waals surface area (Å²) in [6.07, 6.45) is 0. The Hall–Kier alpha value is 0.141. The molecule has 0 spiro atoms. The summed E-state index contributed by atoms with van der Waals surface area (Å²) >= 11 is 42.8. The van der Waals surface area contributed by atoms with E-state index in [0.29, 0.717) is 0 Å². The Balaban J connectivity index is 2.06. The summed E-state index contributed by atoms with van der Waals surface area (Å²) in [6.45, 7) is 0. The van der Waals surface area contributed by atoms with Crippen molar-refractivity contribution in [2.45, 2.75) is 0 Å². The smallest absolute Gasteiger partial charge is 0.311 e. The SMILES string of the molecule is Cl[SiH](Cl)c1ccc(N(c2ccc([SiH](Cl)Cl)cc2)c2ccc([Si](Cl)(Cl)Cl)cc2)cc1. The fourth-order valence-corrected chi connectivity index (χ4v) is 7.18. The van der Waals surface area contributed by atoms with Crippen molar-refractivity contribution < 1.29 is 0 Å². The fourth-order valence-electron chi connectivity index (χ4n) is 2.78. The molecule has 0 heterocycles. The molecular weight excluding hydrogens is 563 g/mol. The largest absolute Gasteiger partial charge is 0.372 e. The molecule has 0 aliphatic rings. The first-order valence-electron chi connectivity index (χ1n) is 8.40. The normalized spacial score (nSPS) is 11.9. The van der Waals surface area contributed by atoms with Crippen LogP contribution >= 0.6 is 77.6 Å². The monoisotopic (exact) mass is 573 g/mol. The summed E-state index contributed by atoms with van der Waals surface area (Å²) in [5.74, 6) is 0. The number of hydrogen-bond donors (Lipinski definition) is 0. The second-order valence-electron chi connectivity index (χ2n) is 6.16. The highest BCUT2D eigenvalue weighted by atomic mass is 35.8. The number of hydrogen-bond acceptors (Lipinski definition) is 1. The second-order valence-corrected chi connectivity index (χ2v) is 23.7. The van der Waals surface area contributed by atoms with Crippen molar-refractivity contribution in [2.24, 2.45) is 0 Å². The van der Waals surface area contributed by atoms with Crippen molar-refractivity contribution in [1.82, 2.24) is 0 Å². The van der Waals surface area contributed by atoms with Gasteiger partial charge in [0.15, 0.2) is 0 Å². The van der Waals surface area contributed by atoms with E-state index in [1.54, 1.807) is 0 Å². The molecule has 3 aromatic rings. The predicted molar refractivity (Wildman–Crippen MR) is 141 cm³/mol. The van der Waals surface area contributed by atoms with Crippen molar-refractivity contribution in [3.05, 3.63) is 72.8 Å². The molecule has 0 radical (unpaired) electrons. The van der Waals surface area contributed by atoms with E-state index in [1.807, 2.05) is 72.8 Å². The highest BCUT2D eigenvalue weighted by molar-refractivity contribution is 7.69. The maximum absolute atomic E-state index is 6.13. The summed E-state index contributed by atoms with van der Waals surface area (Å²) < 4.78 is 0. The van der Waals surface area contributed by atoms with Crippen LogP contribution in [0.5, 0.6) is 0 Å². The van der Waals surface area contributed by atoms with E-state index >= 15 is 0 Å². The lowest BCUT2D eigenvalue weighted by Crippen LogP contribution is -2.29. The van der Waals surface area contributed by atoms with Gasteiger partial charge in [0.05, 0.1) is 0 Å². The molecular formula is C18H14Cl7NSi3. The lowest BCUT2D eigenvalue weighted by Gasteiger charge is -2.26. The zero-order valence-electron chi connectivity index (χ0n) is 14.7. The Labute approximate surface area is 207 Å². The van der Waals surface area contributed by atoms with Crippen molar-refractivity contribution >= 4 is 131 Å². The number of halogens is 7. The van der Waals surface area contributed by atoms with Gasteiger partial charge >= 0.3 is 6.00 Å². The molecule has 0 aliphatic carbocycles. The van der Waals surface area contributed by atoms with Crippen molar-refractivity contribution in [3.8, 4) is 0 Å². The Morgan fingerprint density at radius 2 is 0.828 bits per heavy atom. The first-order chi connectivity index (χ1) is 13.7. The average Bonchev–Trinajstić information content (AvgIpc) is 2.69. The minimum absolute atomic E-state index is 0.730. The standard InChI is InChI=1S/C18H14Cl7NSi3/c19-27(20)16-7-1-13(2-8-16)26(14-3-9-17(10-4-14)28(21)22)15-5-11-18(12-6-15)29(23,24)25/h1-12,27-28H. The van der Waals surface area contributed by atoms with Gasteiger partial charge in [-0.15, -0.1) is 77.6 Å². The van der Waals surface area contributed by atoms with Crippen LogP contribution in [-0.4, -0.2) is 20.8 Å². The number of rotatable bonds is 6. The quantitative estimate of drug-likeness (QED) is 0.264. The Bertz CT molecular complexity index is 892. The summed E-state index contributed by atoms with van der Waals surface area (Å²) in [7, 11) is -3.82. The van der Waals surface area contributed by atoms with Crippen LogP contribution in [0.25, 0.3) is 0 Å². The van der Waals surface area contributed by atoms with E-state index in [1.165, 1.54) is 0 Å². The Kier molecular flexibility index (Phi) is 8.35. The first kappa shape index (κ1) is 23.8. The highest BCUT2D eigenvalue weighted by Gasteiger charge is 2.28. The molecule has 0 amide bonds. The molecule has 152 valence electrons. The van der Waals surface area contributed by atoms with Gasteiger partial charge in [0.1, 0.15) is 0 Å². The maximum Gasteiger partial charge on any atom is 0.372 e. The van der Waals surface area contributed by atoms with E-state index < -0.39 is 20.8 Å². The van der Waals surface area contributed by atoms with E-state index in [2.05, 4.69) is 4.90 Å². The highest BCUT2D eigenvalue weighted by Crippen LogP contribution is 2.34. The van der Waals surface area contributed by atoms with Crippen LogP contribution in [-0.2, 0) is 0 Å². The van der Waals surface area contributed by atoms with E-state index in [4.69, 9.17) is 77.6 Å². The Morgan fingerprint density at radius 3 is 1.10 bits per heavy atom. The minimum Gasteiger partial charge on any atom is -0.311 e. The molecule has 0 aliphatic heterocycles. The fraction of sp³-hybridized carbons (Fsp3) is 0. The molecule has 0 bridgehead atoms. The zero-order valence-corrected chi connectivity index (χ0v) is 23.3. The summed E-state index contributed by atoms with van der Waals surface area (Å²) in [5.41, 5.74) is 2.83. The number of anilines is 3. The third-order valence-corrected chi connectivity index (χ3v) is 12.0. The van der Waals surface area contributed by atoms with Gasteiger partial charge in [0.2, 0.25) is 0 Å². The number of benzene rings is 3. The predicted octanol–water partition coefficient (Wildman–Crippen LogP) is 5.83. The summed E-state index contributed by atoms with van der Waals surface area (Å²) in [5, 5.41) is 2.65. The Morgan fingerprint density at radius 1 is 0.517 bits per heavy atom. The van der Waals surface area contributed by atoms with Gasteiger partial charge in [0, 0.05) is 17.1 Å². The topological polar surface area (TPSA) is 3.24 Å². The molecule has 0 unspecified atom stereocenters. The minimum atomic E-state index is -2.94. The molecule has 0 fully saturated rings. The molecule has 3 aromatic carbocycles. The van der Waals surface area contributed by atoms with Gasteiger partial charge in [-0.3, -0.25) is 0 Å². The second kappa shape index (κ2) is 10.2. The van der Waals surface area contributed by atoms with Gasteiger partial charge in [-0.25, -0.2) is 0 Å². The molecule has 0 saturated carbocycles. The zero-order chi connectivity index (χ0) is 21.2. The number of nitrogens with zero attached hydrogens (tertiary/aromatic N) is 1. The van der Waals surface area contributed by atoms with Crippen LogP contribution < -0.4 is 20.5 Å². The molecule has 0 atom stereocenters. The summed E-state index contributed by atoms with van der Waals surface area (Å²) in [6, 6.07) is 20.4. The van der Waals surface area contributed by atoms with Crippen molar-refractivity contribution in [3.63, 3.8) is 0 Å². The van der Waals surface area contributed by atoms with E-state index in [9.17, 15) is 0 Å². The van der Waals surface area contributed by atoms with Crippen LogP contribution in [0.3, 0.4) is 0 Å². The molecule has 1 nitrogen and oxygen atoms in total. The van der Waals surface area contributed by atoms with Crippen LogP contribution in [0.1, 0.15) is 0 Å². The van der Waals surface area contributed by atoms with Crippen LogP contribution in [0, 0.1) is 0 Å². The van der Waals surface area contributed by atoms with Gasteiger partial charge in [-0.1, -0.05) is 36.4 Å². The van der Waals surface area contributed by atoms with E-state index in [0.717, 1.165) is 32.6 Å². The van der Waals surface area contributed by atoms with E-state index in [-0.39, 0.29) is 0 Å². The van der Waals surface area contributed by atoms with Crippen molar-refractivity contribution in [2.75, 3.05) is 4.90 Å². The molecule has 3 rings (SSSR count). The lowest BCUT2D eigenvalue weighted by molar-refractivity contribution is 1.29. The van der Waals surface area contributed by atoms with Gasteiger partial charge in [-0.05, 0) is 52.0 Å². The molecule has 11 heteroatoms. The van der Waals surface area contributed by atoms with Crippen LogP contribution in [0.15, 0.2) is 72.8 Å². The molecule has 29 heavy (non-hydrogen) atoms. The molecule has 0 saturated heterocycles. The van der Waals surface area contributed by atoms with Gasteiger partial charge in [-0.2, -0.15) is 0 Å². The average molecular weight is 577 g/mol. The molecule has 0 aromatic heterocycles. The van der Waals surface area contributed by atoms with Crippen LogP contribution in [0.2, 0.25) is 0 Å². The first-order valence-corrected chi connectivity index (χ1v) is 21.6. The van der Waals surface area contributed by atoms with Gasteiger partial charge in [0.25, 0.3) is 14.8 Å².